The molecule has 1 aromatic carbocycles. The molecule has 1 aliphatic rings. The summed E-state index contributed by atoms with van der Waals surface area (Å²) >= 11 is 0. The maximum atomic E-state index is 13.5. The molecule has 0 unspecified atom stereocenters. The fraction of sp³-hybridized carbons (Fsp3) is 0.429. The molecule has 1 aliphatic heterocycles. The van der Waals surface area contributed by atoms with Crippen LogP contribution in [0.15, 0.2) is 36.5 Å². The number of ether oxygens (including phenoxy) is 2. The van der Waals surface area contributed by atoms with E-state index in [1.807, 2.05) is 13.0 Å². The quantitative estimate of drug-likeness (QED) is 0.217. The normalized spacial score (nSPS) is 16.8. The van der Waals surface area contributed by atoms with Crippen LogP contribution < -0.4 is 15.4 Å². The fourth-order valence-electron chi connectivity index (χ4n) is 4.71. The summed E-state index contributed by atoms with van der Waals surface area (Å²) in [7, 11) is 2.69. The van der Waals surface area contributed by atoms with Crippen molar-refractivity contribution in [1.29, 1.82) is 0 Å². The molecule has 0 saturated carbocycles. The van der Waals surface area contributed by atoms with Gasteiger partial charge in [-0.15, -0.1) is 0 Å². The molecule has 4 rings (SSSR count). The Morgan fingerprint density at radius 2 is 1.74 bits per heavy atom. The number of rotatable bonds is 9. The van der Waals surface area contributed by atoms with Crippen LogP contribution >= 0.6 is 0 Å². The lowest BCUT2D eigenvalue weighted by Gasteiger charge is -2.32. The first-order valence-corrected chi connectivity index (χ1v) is 13.1. The highest BCUT2D eigenvalue weighted by Gasteiger charge is 2.37. The number of alkyl halides is 6. The first kappa shape index (κ1) is 30.8. The Hall–Kier alpha value is -4.10. The molecule has 226 valence electrons. The molecule has 0 radical (unpaired) electrons. The van der Waals surface area contributed by atoms with Crippen molar-refractivity contribution in [2.75, 3.05) is 24.9 Å². The summed E-state index contributed by atoms with van der Waals surface area (Å²) in [6, 6.07) is 4.69. The maximum Gasteiger partial charge on any atom is 0.416 e. The van der Waals surface area contributed by atoms with Gasteiger partial charge in [0.15, 0.2) is 0 Å². The van der Waals surface area contributed by atoms with Gasteiger partial charge in [0.05, 0.1) is 48.5 Å². The number of fused-ring (bicyclic) bond motifs is 1. The van der Waals surface area contributed by atoms with Crippen molar-refractivity contribution in [3.05, 3.63) is 70.2 Å². The average Bonchev–Trinajstić information content (AvgIpc) is 2.95. The molecule has 0 amide bonds. The Kier molecular flexibility index (Phi) is 9.12. The van der Waals surface area contributed by atoms with E-state index in [-0.39, 0.29) is 54.6 Å². The summed E-state index contributed by atoms with van der Waals surface area (Å²) in [6.45, 7) is 2.02. The van der Waals surface area contributed by atoms with Crippen LogP contribution in [0.25, 0.3) is 0 Å². The number of halogens is 6. The zero-order chi connectivity index (χ0) is 30.7. The number of aromatic nitrogens is 3. The van der Waals surface area contributed by atoms with Gasteiger partial charge in [0.2, 0.25) is 11.8 Å². The number of hydrogen-bond acceptors (Lipinski definition) is 8. The minimum Gasteiger partial charge on any atom is -0.481 e. The van der Waals surface area contributed by atoms with Crippen molar-refractivity contribution in [3.63, 3.8) is 0 Å². The molecule has 0 saturated heterocycles. The summed E-state index contributed by atoms with van der Waals surface area (Å²) in [5.74, 6) is -0.0484. The zero-order valence-corrected chi connectivity index (χ0v) is 23.0. The van der Waals surface area contributed by atoms with E-state index in [1.165, 1.54) is 20.4 Å². The second-order valence-electron chi connectivity index (χ2n) is 9.80. The van der Waals surface area contributed by atoms with E-state index in [2.05, 4.69) is 30.3 Å². The largest absolute Gasteiger partial charge is 0.481 e. The van der Waals surface area contributed by atoms with Crippen LogP contribution in [0.1, 0.15) is 65.9 Å². The predicted octanol–water partition coefficient (Wildman–Crippen LogP) is 6.36. The summed E-state index contributed by atoms with van der Waals surface area (Å²) < 4.78 is 90.9. The van der Waals surface area contributed by atoms with Crippen LogP contribution in [0.2, 0.25) is 0 Å². The lowest BCUT2D eigenvalue weighted by molar-refractivity contribution is -0.143. The smallest absolute Gasteiger partial charge is 0.416 e. The molecule has 0 bridgehead atoms. The molecule has 2 aromatic heterocycles. The van der Waals surface area contributed by atoms with E-state index in [1.54, 1.807) is 6.07 Å². The van der Waals surface area contributed by atoms with E-state index < -0.39 is 29.4 Å². The van der Waals surface area contributed by atoms with Gasteiger partial charge in [0, 0.05) is 31.1 Å². The minimum absolute atomic E-state index is 0.0697. The first-order chi connectivity index (χ1) is 19.8. The van der Waals surface area contributed by atoms with E-state index >= 15 is 0 Å². The Morgan fingerprint density at radius 3 is 2.33 bits per heavy atom. The van der Waals surface area contributed by atoms with Crippen LogP contribution in [0, 0.1) is 0 Å². The number of carbonyl (C=O) groups excluding carboxylic acids is 1. The number of carbonyl (C=O) groups is 1. The number of anilines is 2. The van der Waals surface area contributed by atoms with Crippen molar-refractivity contribution < 1.29 is 40.6 Å². The van der Waals surface area contributed by atoms with Gasteiger partial charge in [0.1, 0.15) is 0 Å². The Labute approximate surface area is 237 Å². The van der Waals surface area contributed by atoms with Crippen molar-refractivity contribution >= 4 is 17.6 Å². The monoisotopic (exact) mass is 597 g/mol. The van der Waals surface area contributed by atoms with Gasteiger partial charge in [0.25, 0.3) is 0 Å². The minimum atomic E-state index is -4.99. The summed E-state index contributed by atoms with van der Waals surface area (Å²) in [4.78, 5) is 25.2. The predicted molar refractivity (Wildman–Crippen MR) is 141 cm³/mol. The Bertz CT molecular complexity index is 1400. The number of nitrogens with one attached hydrogen (secondary N) is 2. The highest BCUT2D eigenvalue weighted by Crippen LogP contribution is 2.38. The number of nitrogens with zero attached hydrogens (tertiary/aromatic N) is 3. The molecule has 3 heterocycles. The molecule has 8 nitrogen and oxygen atoms in total. The number of aryl methyl sites for hydroxylation is 1. The highest BCUT2D eigenvalue weighted by molar-refractivity contribution is 5.69. The van der Waals surface area contributed by atoms with Gasteiger partial charge in [-0.1, -0.05) is 6.92 Å². The number of benzene rings is 1. The van der Waals surface area contributed by atoms with Crippen LogP contribution in [0.5, 0.6) is 5.88 Å². The van der Waals surface area contributed by atoms with Crippen molar-refractivity contribution in [1.82, 2.24) is 15.0 Å². The summed E-state index contributed by atoms with van der Waals surface area (Å²) in [5, 5.41) is 6.63. The third-order valence-corrected chi connectivity index (χ3v) is 6.91. The molecule has 42 heavy (non-hydrogen) atoms. The van der Waals surface area contributed by atoms with Gasteiger partial charge in [-0.3, -0.25) is 4.79 Å². The van der Waals surface area contributed by atoms with Gasteiger partial charge in [-0.05, 0) is 54.7 Å². The number of esters is 1. The standard InChI is InChI=1S/C28H29F6N5O3/c1-4-19-13-22(25-20(36-19)6-7-23(39-25)41-2)38-26-35-14-16(5-8-24(40)42-3)21(37-26)11-15-9-17(27(29,30)31)12-18(10-15)28(32,33)34/h6-7,9-10,12,14,19,22,36H,4-5,8,11,13H2,1-3H3,(H,35,37,38)/t19-,22+/m1/s1. The average molecular weight is 598 g/mol. The molecular formula is C28H29F6N5O3. The van der Waals surface area contributed by atoms with Crippen molar-refractivity contribution in [2.24, 2.45) is 0 Å². The number of pyridine rings is 1. The molecule has 2 N–H and O–H groups in total. The molecule has 14 heteroatoms. The molecule has 2 atom stereocenters. The number of methoxy groups -OCH3 is 2. The first-order valence-electron chi connectivity index (χ1n) is 13.1. The third-order valence-electron chi connectivity index (χ3n) is 6.91. The van der Waals surface area contributed by atoms with Gasteiger partial charge in [-0.25, -0.2) is 15.0 Å². The Morgan fingerprint density at radius 1 is 1.05 bits per heavy atom. The summed E-state index contributed by atoms with van der Waals surface area (Å²) in [5.41, 5.74) is -1.11. The molecule has 0 aliphatic carbocycles. The van der Waals surface area contributed by atoms with Crippen molar-refractivity contribution in [2.45, 2.75) is 63.5 Å². The summed E-state index contributed by atoms with van der Waals surface area (Å²) in [6.07, 6.45) is -7.56. The molecule has 0 fully saturated rings. The van der Waals surface area contributed by atoms with Crippen molar-refractivity contribution in [3.8, 4) is 5.88 Å². The van der Waals surface area contributed by atoms with Crippen LogP contribution in [0.4, 0.5) is 38.0 Å². The van der Waals surface area contributed by atoms with E-state index in [0.29, 0.717) is 35.7 Å². The lowest BCUT2D eigenvalue weighted by Crippen LogP contribution is -2.32. The second kappa shape index (κ2) is 12.4. The lowest BCUT2D eigenvalue weighted by atomic mass is 9.95. The third kappa shape index (κ3) is 7.39. The highest BCUT2D eigenvalue weighted by atomic mass is 19.4. The fourth-order valence-corrected chi connectivity index (χ4v) is 4.71. The van der Waals surface area contributed by atoms with E-state index in [9.17, 15) is 31.1 Å². The van der Waals surface area contributed by atoms with E-state index in [4.69, 9.17) is 4.74 Å². The molecule has 3 aromatic rings. The van der Waals surface area contributed by atoms with Gasteiger partial charge < -0.3 is 20.1 Å². The molecule has 0 spiro atoms. The zero-order valence-electron chi connectivity index (χ0n) is 23.0. The molecular weight excluding hydrogens is 568 g/mol. The van der Waals surface area contributed by atoms with E-state index in [0.717, 1.165) is 12.1 Å². The Balaban J connectivity index is 1.73. The topological polar surface area (TPSA) is 98.3 Å². The van der Waals surface area contributed by atoms with Crippen LogP contribution in [-0.2, 0) is 34.7 Å². The van der Waals surface area contributed by atoms with Gasteiger partial charge in [-0.2, -0.15) is 26.3 Å². The SMILES string of the molecule is CC[C@@H]1C[C@H](Nc2ncc(CCC(=O)OC)c(Cc3cc(C(F)(F)F)cc(C(F)(F)F)c3)n2)c2nc(OC)ccc2N1. The van der Waals surface area contributed by atoms with Gasteiger partial charge >= 0.3 is 18.3 Å². The second-order valence-corrected chi connectivity index (χ2v) is 9.80. The van der Waals surface area contributed by atoms with Crippen LogP contribution in [-0.4, -0.2) is 41.2 Å². The number of hydrogen-bond donors (Lipinski definition) is 2. The maximum absolute atomic E-state index is 13.5. The van der Waals surface area contributed by atoms with Crippen LogP contribution in [0.3, 0.4) is 0 Å².